The smallest absolute Gasteiger partial charge is 0.336 e. The molecule has 1 aliphatic rings. The van der Waals surface area contributed by atoms with Crippen molar-refractivity contribution in [3.8, 4) is 6.01 Å². The van der Waals surface area contributed by atoms with Crippen molar-refractivity contribution in [3.63, 3.8) is 0 Å². The molecule has 1 aromatic carbocycles. The molecule has 3 heterocycles. The van der Waals surface area contributed by atoms with Gasteiger partial charge in [-0.05, 0) is 43.6 Å². The Morgan fingerprint density at radius 2 is 1.84 bits per heavy atom. The number of piperidine rings is 1. The van der Waals surface area contributed by atoms with Gasteiger partial charge in [0.05, 0.1) is 6.54 Å². The van der Waals surface area contributed by atoms with Crippen molar-refractivity contribution in [2.75, 3.05) is 26.2 Å². The molecule has 0 aliphatic carbocycles. The molecule has 4 rings (SSSR count). The molecule has 3 aromatic rings. The second-order valence-corrected chi connectivity index (χ2v) is 7.50. The molecule has 0 amide bonds. The Morgan fingerprint density at radius 1 is 1.06 bits per heavy atom. The van der Waals surface area contributed by atoms with Crippen molar-refractivity contribution in [1.82, 2.24) is 29.2 Å². The molecule has 1 saturated heterocycles. The molecule has 0 atom stereocenters. The summed E-state index contributed by atoms with van der Waals surface area (Å²) in [4.78, 5) is 31.6. The summed E-state index contributed by atoms with van der Waals surface area (Å²) in [6.07, 6.45) is 3.57. The summed E-state index contributed by atoms with van der Waals surface area (Å²) in [5.74, 6) is -2.03. The van der Waals surface area contributed by atoms with Crippen LogP contribution in [0.2, 0.25) is 0 Å². The predicted molar refractivity (Wildman–Crippen MR) is 108 cm³/mol. The summed E-state index contributed by atoms with van der Waals surface area (Å²) < 4.78 is 34.4. The van der Waals surface area contributed by atoms with Crippen LogP contribution in [0, 0.1) is 11.6 Å². The van der Waals surface area contributed by atoms with Gasteiger partial charge in [-0.25, -0.2) is 13.6 Å². The minimum atomic E-state index is -1.03. The zero-order valence-corrected chi connectivity index (χ0v) is 17.1. The maximum absolute atomic E-state index is 13.6. The molecular weight excluding hydrogens is 410 g/mol. The zero-order chi connectivity index (χ0) is 22.0. The lowest BCUT2D eigenvalue weighted by atomic mass is 10.1. The second kappa shape index (κ2) is 8.88. The molecule has 1 aliphatic heterocycles. The van der Waals surface area contributed by atoms with Crippen LogP contribution in [0.1, 0.15) is 24.8 Å². The number of hydrogen-bond acceptors (Lipinski definition) is 7. The highest BCUT2D eigenvalue weighted by atomic mass is 19.2. The van der Waals surface area contributed by atoms with Crippen molar-refractivity contribution >= 4 is 11.2 Å². The normalized spacial score (nSPS) is 14.8. The van der Waals surface area contributed by atoms with Gasteiger partial charge in [0, 0.05) is 13.6 Å². The van der Waals surface area contributed by atoms with E-state index in [-0.39, 0.29) is 23.7 Å². The van der Waals surface area contributed by atoms with Crippen LogP contribution in [-0.4, -0.2) is 55.5 Å². The Bertz CT molecular complexity index is 1220. The first-order valence-electron chi connectivity index (χ1n) is 10.1. The van der Waals surface area contributed by atoms with E-state index in [2.05, 4.69) is 20.1 Å². The summed E-state index contributed by atoms with van der Waals surface area (Å²) in [5, 5.41) is 7.87. The summed E-state index contributed by atoms with van der Waals surface area (Å²) in [7, 11) is 1.31. The zero-order valence-electron chi connectivity index (χ0n) is 17.1. The van der Waals surface area contributed by atoms with Gasteiger partial charge in [0.2, 0.25) is 0 Å². The third-order valence-corrected chi connectivity index (χ3v) is 5.34. The molecule has 9 nitrogen and oxygen atoms in total. The van der Waals surface area contributed by atoms with Gasteiger partial charge in [-0.3, -0.25) is 18.8 Å². The number of hydrogen-bond donors (Lipinski definition) is 0. The van der Waals surface area contributed by atoms with E-state index in [0.29, 0.717) is 12.2 Å². The van der Waals surface area contributed by atoms with E-state index in [1.807, 2.05) is 0 Å². The molecule has 31 heavy (non-hydrogen) atoms. The van der Waals surface area contributed by atoms with Crippen LogP contribution in [0.4, 0.5) is 8.78 Å². The first kappa shape index (κ1) is 21.0. The first-order valence-corrected chi connectivity index (χ1v) is 10.1. The lowest BCUT2D eigenvalue weighted by Crippen LogP contribution is -2.39. The van der Waals surface area contributed by atoms with E-state index >= 15 is 0 Å². The molecule has 164 valence electrons. The summed E-state index contributed by atoms with van der Waals surface area (Å²) in [5.41, 5.74) is -1.13. The van der Waals surface area contributed by atoms with Crippen LogP contribution in [0.3, 0.4) is 0 Å². The Hall–Kier alpha value is -3.21. The van der Waals surface area contributed by atoms with E-state index in [9.17, 15) is 18.4 Å². The number of rotatable bonds is 6. The molecule has 11 heteroatoms. The fraction of sp³-hybridized carbons (Fsp3) is 0.450. The van der Waals surface area contributed by atoms with Crippen molar-refractivity contribution in [1.29, 1.82) is 0 Å². The maximum Gasteiger partial charge on any atom is 0.336 e. The molecular formula is C20H22F2N6O3. The number of benzene rings is 1. The Kier molecular flexibility index (Phi) is 6.03. The number of ether oxygens (including phenoxy) is 1. The van der Waals surface area contributed by atoms with Crippen molar-refractivity contribution < 1.29 is 13.5 Å². The molecule has 0 N–H and O–H groups in total. The van der Waals surface area contributed by atoms with E-state index < -0.39 is 22.9 Å². The van der Waals surface area contributed by atoms with Crippen LogP contribution in [0.25, 0.3) is 11.2 Å². The predicted octanol–water partition coefficient (Wildman–Crippen LogP) is 1.08. The molecule has 0 spiro atoms. The quantitative estimate of drug-likeness (QED) is 0.575. The van der Waals surface area contributed by atoms with Crippen LogP contribution in [-0.2, 0) is 13.6 Å². The maximum atomic E-state index is 13.6. The summed E-state index contributed by atoms with van der Waals surface area (Å²) >= 11 is 0. The lowest BCUT2D eigenvalue weighted by Gasteiger charge is -2.25. The molecule has 2 aromatic heterocycles. The first-order chi connectivity index (χ1) is 14.9. The molecule has 0 saturated carbocycles. The third kappa shape index (κ3) is 4.46. The van der Waals surface area contributed by atoms with Crippen molar-refractivity contribution in [2.45, 2.75) is 25.8 Å². The monoisotopic (exact) mass is 432 g/mol. The number of nitrogens with zero attached hydrogens (tertiary/aromatic N) is 6. The largest absolute Gasteiger partial charge is 0.461 e. The number of fused-ring (bicyclic) bond motifs is 1. The van der Waals surface area contributed by atoms with E-state index in [1.165, 1.54) is 32.4 Å². The van der Waals surface area contributed by atoms with Gasteiger partial charge >= 0.3 is 11.7 Å². The average Bonchev–Trinajstić information content (AvgIpc) is 2.78. The minimum absolute atomic E-state index is 0.0544. The van der Waals surface area contributed by atoms with E-state index in [0.717, 1.165) is 40.9 Å². The fourth-order valence-corrected chi connectivity index (χ4v) is 3.62. The summed E-state index contributed by atoms with van der Waals surface area (Å²) in [6.45, 7) is 2.98. The van der Waals surface area contributed by atoms with E-state index in [4.69, 9.17) is 4.74 Å². The molecule has 0 unspecified atom stereocenters. The highest BCUT2D eigenvalue weighted by Crippen LogP contribution is 2.13. The van der Waals surface area contributed by atoms with Crippen LogP contribution in [0.5, 0.6) is 6.01 Å². The third-order valence-electron chi connectivity index (χ3n) is 5.34. The minimum Gasteiger partial charge on any atom is -0.461 e. The molecule has 0 bridgehead atoms. The van der Waals surface area contributed by atoms with Crippen molar-refractivity contribution in [2.24, 2.45) is 7.05 Å². The number of likely N-dealkylation sites (tertiary alicyclic amines) is 1. The standard InChI is InChI=1S/C20H22F2N6O3/c1-26-18(29)16-17(28(20(26)30)12-13-5-6-14(21)15(22)11-13)24-25-19(23-16)31-10-9-27-7-3-2-4-8-27/h5-6,11H,2-4,7-10,12H2,1H3. The van der Waals surface area contributed by atoms with Gasteiger partial charge in [-0.15, -0.1) is 5.10 Å². The number of halogens is 2. The van der Waals surface area contributed by atoms with Crippen LogP contribution < -0.4 is 16.0 Å². The van der Waals surface area contributed by atoms with Gasteiger partial charge in [-0.1, -0.05) is 17.6 Å². The Morgan fingerprint density at radius 3 is 2.58 bits per heavy atom. The second-order valence-electron chi connectivity index (χ2n) is 7.50. The molecule has 1 fully saturated rings. The van der Waals surface area contributed by atoms with Gasteiger partial charge in [0.1, 0.15) is 6.61 Å². The van der Waals surface area contributed by atoms with Gasteiger partial charge in [0.25, 0.3) is 5.56 Å². The van der Waals surface area contributed by atoms with E-state index in [1.54, 1.807) is 0 Å². The van der Waals surface area contributed by atoms with Crippen LogP contribution in [0.15, 0.2) is 27.8 Å². The fourth-order valence-electron chi connectivity index (χ4n) is 3.62. The summed E-state index contributed by atoms with van der Waals surface area (Å²) in [6, 6.07) is 3.25. The van der Waals surface area contributed by atoms with Gasteiger partial charge in [0.15, 0.2) is 22.8 Å². The highest BCUT2D eigenvalue weighted by Gasteiger charge is 2.17. The highest BCUT2D eigenvalue weighted by molar-refractivity contribution is 5.68. The average molecular weight is 432 g/mol. The topological polar surface area (TPSA) is 95.1 Å². The number of aromatic nitrogens is 5. The Labute approximate surface area is 175 Å². The van der Waals surface area contributed by atoms with Gasteiger partial charge < -0.3 is 4.74 Å². The molecule has 0 radical (unpaired) electrons. The van der Waals surface area contributed by atoms with Gasteiger partial charge in [-0.2, -0.15) is 4.98 Å². The lowest BCUT2D eigenvalue weighted by molar-refractivity contribution is 0.176. The van der Waals surface area contributed by atoms with Crippen molar-refractivity contribution in [3.05, 3.63) is 56.2 Å². The Balaban J connectivity index is 1.61. The van der Waals surface area contributed by atoms with Crippen LogP contribution >= 0.6 is 0 Å². The SMILES string of the molecule is Cn1c(=O)c2nc(OCCN3CCCCC3)nnc2n(Cc2ccc(F)c(F)c2)c1=O.